The van der Waals surface area contributed by atoms with Crippen LogP contribution in [0, 0.1) is 0 Å². The Kier molecular flexibility index (Phi) is 5.89. The minimum Gasteiger partial charge on any atom is -0.376 e. The molecular weight excluding hydrogens is 430 g/mol. The Morgan fingerprint density at radius 2 is 1.90 bits per heavy atom. The summed E-state index contributed by atoms with van der Waals surface area (Å²) in [6.07, 6.45) is -3.33. The number of aryl methyl sites for hydroxylation is 1. The molecule has 3 aromatic rings. The Bertz CT molecular complexity index is 1030. The van der Waals surface area contributed by atoms with Crippen molar-refractivity contribution in [1.29, 1.82) is 0 Å². The van der Waals surface area contributed by atoms with Crippen LogP contribution in [0.1, 0.15) is 36.7 Å². The van der Waals surface area contributed by atoms with E-state index in [0.29, 0.717) is 17.8 Å². The number of benzene rings is 1. The lowest BCUT2D eigenvalue weighted by Crippen LogP contribution is -2.46. The SMILES string of the molecule is CCc1noc(-c2ccc(C(C)C(O)(c3ccnc(Cl)c3)C(F)(F)F)c(Cl)c2)n1. The minimum absolute atomic E-state index is 0.0223. The van der Waals surface area contributed by atoms with Gasteiger partial charge in [-0.2, -0.15) is 18.2 Å². The van der Waals surface area contributed by atoms with Gasteiger partial charge in [-0.05, 0) is 35.4 Å². The van der Waals surface area contributed by atoms with Crippen LogP contribution in [0.3, 0.4) is 0 Å². The van der Waals surface area contributed by atoms with Crippen molar-refractivity contribution in [3.05, 3.63) is 63.7 Å². The molecule has 0 aliphatic carbocycles. The van der Waals surface area contributed by atoms with Gasteiger partial charge in [0.25, 0.3) is 5.89 Å². The van der Waals surface area contributed by atoms with Crippen LogP contribution in [0.25, 0.3) is 11.5 Å². The van der Waals surface area contributed by atoms with Gasteiger partial charge >= 0.3 is 6.18 Å². The first-order valence-electron chi connectivity index (χ1n) is 8.61. The van der Waals surface area contributed by atoms with Gasteiger partial charge in [0.15, 0.2) is 11.4 Å². The average molecular weight is 446 g/mol. The van der Waals surface area contributed by atoms with Gasteiger partial charge in [-0.1, -0.05) is 48.3 Å². The van der Waals surface area contributed by atoms with Crippen molar-refractivity contribution in [1.82, 2.24) is 15.1 Å². The lowest BCUT2D eigenvalue weighted by Gasteiger charge is -2.37. The van der Waals surface area contributed by atoms with Crippen LogP contribution >= 0.6 is 23.2 Å². The predicted molar refractivity (Wildman–Crippen MR) is 102 cm³/mol. The lowest BCUT2D eigenvalue weighted by molar-refractivity contribution is -0.274. The third-order valence-corrected chi connectivity index (χ3v) is 5.26. The molecule has 2 unspecified atom stereocenters. The fourth-order valence-corrected chi connectivity index (χ4v) is 3.57. The number of rotatable bonds is 5. The zero-order valence-electron chi connectivity index (χ0n) is 15.3. The largest absolute Gasteiger partial charge is 0.422 e. The number of nitrogens with zero attached hydrogens (tertiary/aromatic N) is 3. The smallest absolute Gasteiger partial charge is 0.376 e. The number of pyridine rings is 1. The topological polar surface area (TPSA) is 72.0 Å². The molecule has 0 aliphatic rings. The molecule has 10 heteroatoms. The summed E-state index contributed by atoms with van der Waals surface area (Å²) in [4.78, 5) is 7.85. The van der Waals surface area contributed by atoms with E-state index < -0.39 is 23.3 Å². The number of aliphatic hydroxyl groups is 1. The van der Waals surface area contributed by atoms with Crippen molar-refractivity contribution in [2.75, 3.05) is 0 Å². The Labute approximate surface area is 174 Å². The molecule has 154 valence electrons. The van der Waals surface area contributed by atoms with E-state index in [1.807, 2.05) is 6.92 Å². The van der Waals surface area contributed by atoms with E-state index in [-0.39, 0.29) is 21.6 Å². The Hall–Kier alpha value is -2.16. The van der Waals surface area contributed by atoms with E-state index in [0.717, 1.165) is 18.3 Å². The first kappa shape index (κ1) is 21.5. The molecule has 3 rings (SSSR count). The molecular formula is C19H16Cl2F3N3O2. The molecule has 0 fully saturated rings. The molecule has 0 spiro atoms. The van der Waals surface area contributed by atoms with Crippen LogP contribution in [0.2, 0.25) is 10.2 Å². The van der Waals surface area contributed by atoms with E-state index in [1.54, 1.807) is 0 Å². The van der Waals surface area contributed by atoms with Gasteiger partial charge in [0.05, 0.1) is 0 Å². The second kappa shape index (κ2) is 7.93. The van der Waals surface area contributed by atoms with Crippen molar-refractivity contribution in [3.63, 3.8) is 0 Å². The summed E-state index contributed by atoms with van der Waals surface area (Å²) in [6, 6.07) is 6.40. The second-order valence-electron chi connectivity index (χ2n) is 6.46. The van der Waals surface area contributed by atoms with Gasteiger partial charge in [-0.25, -0.2) is 4.98 Å². The first-order chi connectivity index (χ1) is 13.6. The maximum Gasteiger partial charge on any atom is 0.422 e. The van der Waals surface area contributed by atoms with Gasteiger partial charge in [-0.3, -0.25) is 0 Å². The molecule has 0 amide bonds. The molecule has 0 bridgehead atoms. The summed E-state index contributed by atoms with van der Waals surface area (Å²) in [5.41, 5.74) is -3.11. The van der Waals surface area contributed by atoms with Crippen LogP contribution < -0.4 is 0 Å². The van der Waals surface area contributed by atoms with E-state index in [2.05, 4.69) is 15.1 Å². The van der Waals surface area contributed by atoms with Gasteiger partial charge in [0.2, 0.25) is 0 Å². The van der Waals surface area contributed by atoms with E-state index in [9.17, 15) is 18.3 Å². The highest BCUT2D eigenvalue weighted by Gasteiger charge is 2.59. The van der Waals surface area contributed by atoms with E-state index >= 15 is 0 Å². The van der Waals surface area contributed by atoms with Crippen LogP contribution in [-0.2, 0) is 12.0 Å². The number of hydrogen-bond donors (Lipinski definition) is 1. The molecule has 2 aromatic heterocycles. The van der Waals surface area contributed by atoms with Crippen molar-refractivity contribution in [3.8, 4) is 11.5 Å². The molecule has 2 atom stereocenters. The maximum absolute atomic E-state index is 14.0. The molecule has 0 saturated carbocycles. The van der Waals surface area contributed by atoms with Gasteiger partial charge < -0.3 is 9.63 Å². The van der Waals surface area contributed by atoms with Crippen molar-refractivity contribution < 1.29 is 22.8 Å². The summed E-state index contributed by atoms with van der Waals surface area (Å²) < 4.78 is 47.1. The standard InChI is InChI=1S/C19H16Cl2F3N3O2/c1-3-16-26-17(29-27-16)11-4-5-13(14(20)8-11)10(2)18(28,19(22,23)24)12-6-7-25-15(21)9-12/h4-10,28H,3H2,1-2H3. The van der Waals surface area contributed by atoms with Crippen LogP contribution in [0.4, 0.5) is 13.2 Å². The van der Waals surface area contributed by atoms with Gasteiger partial charge in [0.1, 0.15) is 5.15 Å². The fraction of sp³-hybridized carbons (Fsp3) is 0.316. The molecule has 0 saturated heterocycles. The fourth-order valence-electron chi connectivity index (χ4n) is 3.05. The highest BCUT2D eigenvalue weighted by atomic mass is 35.5. The molecule has 1 aromatic carbocycles. The normalized spacial score (nSPS) is 15.2. The molecule has 5 nitrogen and oxygen atoms in total. The van der Waals surface area contributed by atoms with Gasteiger partial charge in [-0.15, -0.1) is 0 Å². The number of aromatic nitrogens is 3. The molecule has 1 N–H and O–H groups in total. The number of hydrogen-bond acceptors (Lipinski definition) is 5. The quantitative estimate of drug-likeness (QED) is 0.520. The average Bonchev–Trinajstić information content (AvgIpc) is 3.15. The summed E-state index contributed by atoms with van der Waals surface area (Å²) in [7, 11) is 0. The van der Waals surface area contributed by atoms with Gasteiger partial charge in [0, 0.05) is 29.1 Å². The van der Waals surface area contributed by atoms with Crippen LogP contribution in [0.15, 0.2) is 41.1 Å². The molecule has 29 heavy (non-hydrogen) atoms. The number of alkyl halides is 3. The highest BCUT2D eigenvalue weighted by Crippen LogP contribution is 2.50. The molecule has 0 radical (unpaired) electrons. The summed E-state index contributed by atoms with van der Waals surface area (Å²) >= 11 is 12.0. The monoisotopic (exact) mass is 445 g/mol. The maximum atomic E-state index is 14.0. The first-order valence-corrected chi connectivity index (χ1v) is 9.37. The minimum atomic E-state index is -5.00. The van der Waals surface area contributed by atoms with Crippen LogP contribution in [0.5, 0.6) is 0 Å². The van der Waals surface area contributed by atoms with Crippen LogP contribution in [-0.4, -0.2) is 26.4 Å². The predicted octanol–water partition coefficient (Wildman–Crippen LogP) is 5.55. The third-order valence-electron chi connectivity index (χ3n) is 4.72. The van der Waals surface area contributed by atoms with Crippen molar-refractivity contribution in [2.45, 2.75) is 38.0 Å². The van der Waals surface area contributed by atoms with E-state index in [4.69, 9.17) is 27.7 Å². The molecule has 0 aliphatic heterocycles. The Morgan fingerprint density at radius 1 is 1.17 bits per heavy atom. The second-order valence-corrected chi connectivity index (χ2v) is 7.25. The zero-order valence-corrected chi connectivity index (χ0v) is 16.8. The Morgan fingerprint density at radius 3 is 2.45 bits per heavy atom. The Balaban J connectivity index is 2.05. The summed E-state index contributed by atoms with van der Waals surface area (Å²) in [5, 5.41) is 14.4. The third kappa shape index (κ3) is 3.97. The van der Waals surface area contributed by atoms with Crippen molar-refractivity contribution in [2.24, 2.45) is 0 Å². The number of halogens is 5. The van der Waals surface area contributed by atoms with Crippen molar-refractivity contribution >= 4 is 23.2 Å². The summed E-state index contributed by atoms with van der Waals surface area (Å²) in [6.45, 7) is 3.10. The molecule has 2 heterocycles. The summed E-state index contributed by atoms with van der Waals surface area (Å²) in [5.74, 6) is -0.749. The van der Waals surface area contributed by atoms with E-state index in [1.165, 1.54) is 25.1 Å². The highest BCUT2D eigenvalue weighted by molar-refractivity contribution is 6.31. The lowest BCUT2D eigenvalue weighted by atomic mass is 9.78. The zero-order chi connectivity index (χ0) is 21.4.